The predicted molar refractivity (Wildman–Crippen MR) is 96.3 cm³/mol. The molecule has 1 atom stereocenters. The summed E-state index contributed by atoms with van der Waals surface area (Å²) in [4.78, 5) is 19.4. The number of fused-ring (bicyclic) bond motifs is 1. The Morgan fingerprint density at radius 2 is 2.28 bits per heavy atom. The van der Waals surface area contributed by atoms with E-state index >= 15 is 0 Å². The third kappa shape index (κ3) is 3.77. The fourth-order valence-electron chi connectivity index (χ4n) is 3.30. The van der Waals surface area contributed by atoms with Gasteiger partial charge in [0.05, 0.1) is 5.69 Å². The van der Waals surface area contributed by atoms with Crippen LogP contribution in [0.5, 0.6) is 11.5 Å². The first-order valence-corrected chi connectivity index (χ1v) is 9.43. The van der Waals surface area contributed by atoms with Crippen LogP contribution in [-0.2, 0) is 6.54 Å². The van der Waals surface area contributed by atoms with Gasteiger partial charge >= 0.3 is 0 Å². The number of amides is 1. The first-order valence-electron chi connectivity index (χ1n) is 8.55. The lowest BCUT2D eigenvalue weighted by Crippen LogP contribution is -2.33. The number of piperidine rings is 1. The lowest BCUT2D eigenvalue weighted by Gasteiger charge is -2.30. The minimum absolute atomic E-state index is 0.189. The average Bonchev–Trinajstić information content (AvgIpc) is 3.23. The van der Waals surface area contributed by atoms with Crippen molar-refractivity contribution in [3.63, 3.8) is 0 Å². The van der Waals surface area contributed by atoms with E-state index < -0.39 is 0 Å². The topological polar surface area (TPSA) is 63.7 Å². The van der Waals surface area contributed by atoms with Gasteiger partial charge in [-0.15, -0.1) is 11.3 Å². The number of likely N-dealkylation sites (tertiary alicyclic amines) is 1. The van der Waals surface area contributed by atoms with Gasteiger partial charge in [-0.2, -0.15) is 0 Å². The fraction of sp³-hybridized carbons (Fsp3) is 0.444. The van der Waals surface area contributed by atoms with Gasteiger partial charge in [0, 0.05) is 24.0 Å². The van der Waals surface area contributed by atoms with Crippen molar-refractivity contribution in [3.05, 3.63) is 34.8 Å². The molecule has 1 fully saturated rings. The normalized spacial score (nSPS) is 19.8. The van der Waals surface area contributed by atoms with Gasteiger partial charge in [-0.3, -0.25) is 15.0 Å². The van der Waals surface area contributed by atoms with Crippen LogP contribution < -0.4 is 14.8 Å². The summed E-state index contributed by atoms with van der Waals surface area (Å²) >= 11 is 1.46. The number of aromatic nitrogens is 1. The Hall–Kier alpha value is -2.12. The number of hydrogen-bond donors (Lipinski definition) is 1. The van der Waals surface area contributed by atoms with Crippen molar-refractivity contribution in [1.82, 2.24) is 9.88 Å². The third-order valence-corrected chi connectivity index (χ3v) is 5.34. The fourth-order valence-corrected chi connectivity index (χ4v) is 4.00. The standard InChI is InChI=1S/C18H21N3O3S/c1-12-3-2-6-21(8-12)9-14-10-25-18(19-14)20-17(22)13-4-5-15-16(7-13)24-11-23-15/h4-5,7,10,12H,2-3,6,8-9,11H2,1H3,(H,19,20,22). The van der Waals surface area contributed by atoms with Crippen molar-refractivity contribution in [1.29, 1.82) is 0 Å². The number of benzene rings is 1. The maximum absolute atomic E-state index is 12.4. The summed E-state index contributed by atoms with van der Waals surface area (Å²) in [7, 11) is 0. The molecule has 132 valence electrons. The second-order valence-electron chi connectivity index (χ2n) is 6.65. The van der Waals surface area contributed by atoms with Crippen molar-refractivity contribution in [3.8, 4) is 11.5 Å². The van der Waals surface area contributed by atoms with Gasteiger partial charge in [0.2, 0.25) is 6.79 Å². The summed E-state index contributed by atoms with van der Waals surface area (Å²) < 4.78 is 10.6. The van der Waals surface area contributed by atoms with Crippen LogP contribution in [0.25, 0.3) is 0 Å². The van der Waals surface area contributed by atoms with Crippen molar-refractivity contribution in [2.45, 2.75) is 26.3 Å². The molecule has 0 aliphatic carbocycles. The van der Waals surface area contributed by atoms with Crippen LogP contribution in [-0.4, -0.2) is 35.7 Å². The Kier molecular flexibility index (Phi) is 4.59. The van der Waals surface area contributed by atoms with E-state index in [-0.39, 0.29) is 12.7 Å². The van der Waals surface area contributed by atoms with Crippen LogP contribution in [0.1, 0.15) is 35.8 Å². The van der Waals surface area contributed by atoms with E-state index in [0.717, 1.165) is 31.2 Å². The quantitative estimate of drug-likeness (QED) is 0.907. The smallest absolute Gasteiger partial charge is 0.257 e. The summed E-state index contributed by atoms with van der Waals surface area (Å²) in [6.45, 7) is 5.59. The van der Waals surface area contributed by atoms with Crippen LogP contribution >= 0.6 is 11.3 Å². The molecule has 1 saturated heterocycles. The van der Waals surface area contributed by atoms with E-state index in [2.05, 4.69) is 22.1 Å². The molecule has 25 heavy (non-hydrogen) atoms. The number of anilines is 1. The molecule has 3 heterocycles. The van der Waals surface area contributed by atoms with Crippen molar-refractivity contribution in [2.24, 2.45) is 5.92 Å². The van der Waals surface area contributed by atoms with Crippen LogP contribution in [0.3, 0.4) is 0 Å². The van der Waals surface area contributed by atoms with Gasteiger partial charge in [0.1, 0.15) is 0 Å². The third-order valence-electron chi connectivity index (χ3n) is 4.53. The van der Waals surface area contributed by atoms with Crippen LogP contribution in [0.15, 0.2) is 23.6 Å². The minimum Gasteiger partial charge on any atom is -0.454 e. The molecule has 2 aromatic rings. The number of thiazole rings is 1. The molecule has 0 radical (unpaired) electrons. The number of rotatable bonds is 4. The largest absolute Gasteiger partial charge is 0.454 e. The summed E-state index contributed by atoms with van der Waals surface area (Å²) in [6.07, 6.45) is 2.56. The van der Waals surface area contributed by atoms with Crippen molar-refractivity contribution in [2.75, 3.05) is 25.2 Å². The summed E-state index contributed by atoms with van der Waals surface area (Å²) in [5.74, 6) is 1.83. The lowest BCUT2D eigenvalue weighted by molar-refractivity contribution is 0.102. The second-order valence-corrected chi connectivity index (χ2v) is 7.51. The number of carbonyl (C=O) groups is 1. The molecule has 4 rings (SSSR count). The first kappa shape index (κ1) is 16.4. The SMILES string of the molecule is CC1CCCN(Cc2csc(NC(=O)c3ccc4c(c3)OCO4)n2)C1. The Morgan fingerprint density at radius 1 is 1.40 bits per heavy atom. The van der Waals surface area contributed by atoms with Gasteiger partial charge in [-0.05, 0) is 43.5 Å². The highest BCUT2D eigenvalue weighted by atomic mass is 32.1. The van der Waals surface area contributed by atoms with Gasteiger partial charge in [0.15, 0.2) is 16.6 Å². The van der Waals surface area contributed by atoms with E-state index in [1.165, 1.54) is 24.2 Å². The zero-order valence-electron chi connectivity index (χ0n) is 14.2. The number of nitrogens with zero attached hydrogens (tertiary/aromatic N) is 2. The predicted octanol–water partition coefficient (Wildman–Crippen LogP) is 3.36. The number of hydrogen-bond acceptors (Lipinski definition) is 6. The first-order chi connectivity index (χ1) is 12.2. The number of ether oxygens (including phenoxy) is 2. The Bertz CT molecular complexity index is 777. The zero-order chi connectivity index (χ0) is 17.2. The van der Waals surface area contributed by atoms with Crippen LogP contribution in [0.2, 0.25) is 0 Å². The van der Waals surface area contributed by atoms with Gasteiger partial charge in [0.25, 0.3) is 5.91 Å². The summed E-state index contributed by atoms with van der Waals surface area (Å²) in [5.41, 5.74) is 1.55. The highest BCUT2D eigenvalue weighted by Crippen LogP contribution is 2.32. The molecule has 0 spiro atoms. The summed E-state index contributed by atoms with van der Waals surface area (Å²) in [6, 6.07) is 5.18. The average molecular weight is 359 g/mol. The molecule has 6 nitrogen and oxygen atoms in total. The van der Waals surface area contributed by atoms with E-state index in [1.807, 2.05) is 5.38 Å². The molecule has 1 unspecified atom stereocenters. The molecule has 1 N–H and O–H groups in total. The Morgan fingerprint density at radius 3 is 3.16 bits per heavy atom. The Balaban J connectivity index is 1.38. The second kappa shape index (κ2) is 7.01. The molecule has 1 aromatic heterocycles. The molecule has 1 aromatic carbocycles. The molecule has 7 heteroatoms. The maximum Gasteiger partial charge on any atom is 0.257 e. The molecule has 0 bridgehead atoms. The van der Waals surface area contributed by atoms with Crippen LogP contribution in [0.4, 0.5) is 5.13 Å². The van der Waals surface area contributed by atoms with Crippen molar-refractivity contribution < 1.29 is 14.3 Å². The highest BCUT2D eigenvalue weighted by molar-refractivity contribution is 7.13. The van der Waals surface area contributed by atoms with Gasteiger partial charge in [-0.25, -0.2) is 4.98 Å². The number of carbonyl (C=O) groups excluding carboxylic acids is 1. The molecular weight excluding hydrogens is 338 g/mol. The van der Waals surface area contributed by atoms with Crippen molar-refractivity contribution >= 4 is 22.4 Å². The molecular formula is C18H21N3O3S. The molecule has 1 amide bonds. The van der Waals surface area contributed by atoms with Crippen LogP contribution in [0, 0.1) is 5.92 Å². The van der Waals surface area contributed by atoms with E-state index in [1.54, 1.807) is 18.2 Å². The minimum atomic E-state index is -0.189. The molecule has 0 saturated carbocycles. The van der Waals surface area contributed by atoms with Gasteiger partial charge in [-0.1, -0.05) is 6.92 Å². The lowest BCUT2D eigenvalue weighted by atomic mass is 10.0. The monoisotopic (exact) mass is 359 g/mol. The summed E-state index contributed by atoms with van der Waals surface area (Å²) in [5, 5.41) is 5.52. The molecule has 2 aliphatic rings. The van der Waals surface area contributed by atoms with Gasteiger partial charge < -0.3 is 9.47 Å². The zero-order valence-corrected chi connectivity index (χ0v) is 15.0. The molecule has 2 aliphatic heterocycles. The highest BCUT2D eigenvalue weighted by Gasteiger charge is 2.19. The number of nitrogens with one attached hydrogen (secondary N) is 1. The van der Waals surface area contributed by atoms with E-state index in [4.69, 9.17) is 9.47 Å². The maximum atomic E-state index is 12.4. The Labute approximate surface area is 150 Å². The van der Waals surface area contributed by atoms with E-state index in [0.29, 0.717) is 22.2 Å². The van der Waals surface area contributed by atoms with E-state index in [9.17, 15) is 4.79 Å².